The lowest BCUT2D eigenvalue weighted by molar-refractivity contribution is 0.0501. The zero-order valence-electron chi connectivity index (χ0n) is 19.8. The van der Waals surface area contributed by atoms with Crippen molar-refractivity contribution in [1.82, 2.24) is 20.3 Å². The van der Waals surface area contributed by atoms with Gasteiger partial charge in [0.1, 0.15) is 11.4 Å². The van der Waals surface area contributed by atoms with Crippen LogP contribution in [0.1, 0.15) is 50.9 Å². The first-order valence-corrected chi connectivity index (χ1v) is 10.9. The molecule has 0 radical (unpaired) electrons. The highest BCUT2D eigenvalue weighted by Crippen LogP contribution is 2.36. The van der Waals surface area contributed by atoms with E-state index in [9.17, 15) is 14.0 Å². The summed E-state index contributed by atoms with van der Waals surface area (Å²) in [6.45, 7) is 7.13. The third-order valence-corrected chi connectivity index (χ3v) is 5.03. The average Bonchev–Trinajstić information content (AvgIpc) is 3.57. The van der Waals surface area contributed by atoms with Gasteiger partial charge in [-0.2, -0.15) is 0 Å². The Morgan fingerprint density at radius 2 is 1.85 bits per heavy atom. The van der Waals surface area contributed by atoms with E-state index in [1.165, 1.54) is 19.5 Å². The topological polar surface area (TPSA) is 153 Å². The molecule has 1 saturated carbocycles. The number of pyridine rings is 1. The van der Waals surface area contributed by atoms with Gasteiger partial charge in [0.2, 0.25) is 0 Å². The van der Waals surface area contributed by atoms with Crippen LogP contribution in [0.25, 0.3) is 0 Å². The normalized spacial score (nSPS) is 15.1. The summed E-state index contributed by atoms with van der Waals surface area (Å²) in [5.74, 6) is -1.44. The fourth-order valence-electron chi connectivity index (χ4n) is 3.34. The van der Waals surface area contributed by atoms with E-state index < -0.39 is 23.4 Å². The number of hydrogen-bond acceptors (Lipinski definition) is 9. The van der Waals surface area contributed by atoms with Crippen molar-refractivity contribution in [3.63, 3.8) is 0 Å². The minimum Gasteiger partial charge on any atom is -0.467 e. The molecule has 12 heteroatoms. The van der Waals surface area contributed by atoms with Gasteiger partial charge in [-0.05, 0) is 52.5 Å². The highest BCUT2D eigenvalue weighted by molar-refractivity contribution is 5.98. The van der Waals surface area contributed by atoms with E-state index in [4.69, 9.17) is 15.2 Å². The molecule has 5 N–H and O–H groups in total. The molecule has 0 aliphatic heterocycles. The quantitative estimate of drug-likeness (QED) is 0.428. The van der Waals surface area contributed by atoms with Crippen LogP contribution in [0, 0.1) is 11.7 Å². The highest BCUT2D eigenvalue weighted by atomic mass is 19.1. The van der Waals surface area contributed by atoms with Crippen LogP contribution >= 0.6 is 0 Å². The number of anilines is 3. The van der Waals surface area contributed by atoms with Crippen molar-refractivity contribution >= 4 is 29.3 Å². The fourth-order valence-corrected chi connectivity index (χ4v) is 3.34. The Hall–Kier alpha value is -3.70. The molecule has 0 spiro atoms. The van der Waals surface area contributed by atoms with Gasteiger partial charge in [-0.25, -0.2) is 24.1 Å². The van der Waals surface area contributed by atoms with Gasteiger partial charge < -0.3 is 31.2 Å². The van der Waals surface area contributed by atoms with Gasteiger partial charge in [0, 0.05) is 6.04 Å². The fraction of sp³-hybridized carbons (Fsp3) is 0.500. The van der Waals surface area contributed by atoms with Gasteiger partial charge in [-0.1, -0.05) is 0 Å². The molecule has 11 nitrogen and oxygen atoms in total. The van der Waals surface area contributed by atoms with Crippen LogP contribution in [0.5, 0.6) is 6.01 Å². The minimum absolute atomic E-state index is 0.0347. The molecule has 2 amide bonds. The predicted octanol–water partition coefficient (Wildman–Crippen LogP) is 2.97. The molecule has 0 bridgehead atoms. The molecule has 2 atom stereocenters. The number of alkyl carbamates (subject to hydrolysis) is 1. The summed E-state index contributed by atoms with van der Waals surface area (Å²) in [6, 6.07) is 0.478. The molecule has 0 unspecified atom stereocenters. The predicted molar refractivity (Wildman–Crippen MR) is 124 cm³/mol. The van der Waals surface area contributed by atoms with Crippen molar-refractivity contribution < 1.29 is 23.5 Å². The molecule has 0 aromatic carbocycles. The zero-order chi connectivity index (χ0) is 25.0. The Morgan fingerprint density at radius 1 is 1.21 bits per heavy atom. The Kier molecular flexibility index (Phi) is 7.38. The number of halogens is 1. The van der Waals surface area contributed by atoms with Crippen LogP contribution in [0.3, 0.4) is 0 Å². The van der Waals surface area contributed by atoms with Crippen LogP contribution < -0.4 is 26.4 Å². The smallest absolute Gasteiger partial charge is 0.407 e. The molecular formula is C22H30FN7O4. The molecule has 184 valence electrons. The van der Waals surface area contributed by atoms with E-state index in [1.807, 2.05) is 6.92 Å². The van der Waals surface area contributed by atoms with Crippen LogP contribution in [0.2, 0.25) is 0 Å². The van der Waals surface area contributed by atoms with Crippen molar-refractivity contribution in [2.75, 3.05) is 17.7 Å². The molecule has 2 aromatic heterocycles. The van der Waals surface area contributed by atoms with E-state index in [-0.39, 0.29) is 41.2 Å². The number of nitrogens with zero attached hydrogens (tertiary/aromatic N) is 3. The van der Waals surface area contributed by atoms with Crippen molar-refractivity contribution in [1.29, 1.82) is 0 Å². The Labute approximate surface area is 197 Å². The van der Waals surface area contributed by atoms with Gasteiger partial charge in [0.25, 0.3) is 5.91 Å². The number of nitrogens with two attached hydrogens (primary N) is 1. The summed E-state index contributed by atoms with van der Waals surface area (Å²) < 4.78 is 25.2. The van der Waals surface area contributed by atoms with Crippen LogP contribution in [-0.2, 0) is 4.74 Å². The Morgan fingerprint density at radius 3 is 2.38 bits per heavy atom. The highest BCUT2D eigenvalue weighted by Gasteiger charge is 2.37. The maximum Gasteiger partial charge on any atom is 0.407 e. The number of carbonyl (C=O) groups is 2. The summed E-state index contributed by atoms with van der Waals surface area (Å²) in [7, 11) is 1.43. The third-order valence-electron chi connectivity index (χ3n) is 5.03. The summed E-state index contributed by atoms with van der Waals surface area (Å²) in [5, 5.41) is 8.78. The number of primary amides is 1. The number of hydrogen-bond donors (Lipinski definition) is 4. The lowest BCUT2D eigenvalue weighted by Crippen LogP contribution is -2.47. The maximum atomic E-state index is 14.9. The minimum atomic E-state index is -0.853. The summed E-state index contributed by atoms with van der Waals surface area (Å²) >= 11 is 0. The van der Waals surface area contributed by atoms with Crippen molar-refractivity contribution in [3.05, 3.63) is 29.8 Å². The van der Waals surface area contributed by atoms with Crippen molar-refractivity contribution in [2.45, 2.75) is 58.2 Å². The second-order valence-corrected chi connectivity index (χ2v) is 9.11. The number of rotatable bonds is 9. The molecule has 0 saturated heterocycles. The van der Waals surface area contributed by atoms with Gasteiger partial charge in [0.15, 0.2) is 11.6 Å². The molecule has 2 aromatic rings. The molecule has 2 heterocycles. The molecule has 3 rings (SSSR count). The van der Waals surface area contributed by atoms with Crippen molar-refractivity contribution in [3.8, 4) is 6.01 Å². The monoisotopic (exact) mass is 475 g/mol. The second-order valence-electron chi connectivity index (χ2n) is 9.11. The van der Waals surface area contributed by atoms with Gasteiger partial charge in [-0.15, -0.1) is 0 Å². The molecule has 1 fully saturated rings. The Bertz CT molecular complexity index is 1040. The zero-order valence-corrected chi connectivity index (χ0v) is 19.8. The first-order chi connectivity index (χ1) is 16.0. The standard InChI is InChI=1S/C22H30FN7O4/c1-11(27-21(32)34-22(2,3)4)16(12-6-7-12)29-19-15(23)8-14(17(24)31)18(30-19)28-13-9-25-20(33-5)26-10-13/h8-12,16H,6-7H2,1-5H3,(H2,24,31)(H,27,32)(H2,28,29,30)/t11-,16-/m0/s1. The van der Waals surface area contributed by atoms with E-state index >= 15 is 0 Å². The summed E-state index contributed by atoms with van der Waals surface area (Å²) in [5.41, 5.74) is 5.04. The number of aromatic nitrogens is 3. The van der Waals surface area contributed by atoms with Gasteiger partial charge in [0.05, 0.1) is 36.8 Å². The van der Waals surface area contributed by atoms with E-state index in [2.05, 4.69) is 30.9 Å². The van der Waals surface area contributed by atoms with Crippen LogP contribution in [-0.4, -0.2) is 51.7 Å². The van der Waals surface area contributed by atoms with Gasteiger partial charge >= 0.3 is 12.1 Å². The summed E-state index contributed by atoms with van der Waals surface area (Å²) in [6.07, 6.45) is 4.14. The van der Waals surface area contributed by atoms with E-state index in [1.54, 1.807) is 20.8 Å². The lowest BCUT2D eigenvalue weighted by atomic mass is 10.0. The first-order valence-electron chi connectivity index (χ1n) is 10.9. The first kappa shape index (κ1) is 24.9. The van der Waals surface area contributed by atoms with E-state index in [0.29, 0.717) is 5.69 Å². The average molecular weight is 476 g/mol. The summed E-state index contributed by atoms with van der Waals surface area (Å²) in [4.78, 5) is 36.4. The lowest BCUT2D eigenvalue weighted by Gasteiger charge is -2.28. The molecule has 1 aliphatic rings. The van der Waals surface area contributed by atoms with Crippen molar-refractivity contribution in [2.24, 2.45) is 11.7 Å². The number of nitrogens with one attached hydrogen (secondary N) is 3. The van der Waals surface area contributed by atoms with Crippen LogP contribution in [0.15, 0.2) is 18.5 Å². The molecule has 34 heavy (non-hydrogen) atoms. The number of methoxy groups -OCH3 is 1. The number of ether oxygens (including phenoxy) is 2. The molecular weight excluding hydrogens is 445 g/mol. The largest absolute Gasteiger partial charge is 0.467 e. The van der Waals surface area contributed by atoms with Crippen LogP contribution in [0.4, 0.5) is 26.5 Å². The maximum absolute atomic E-state index is 14.9. The number of carbonyl (C=O) groups excluding carboxylic acids is 2. The second kappa shape index (κ2) is 10.1. The van der Waals surface area contributed by atoms with E-state index in [0.717, 1.165) is 18.9 Å². The Balaban J connectivity index is 1.83. The number of amides is 2. The SMILES string of the molecule is COc1ncc(Nc2nc(N[C@H](C3CC3)[C@H](C)NC(=O)OC(C)(C)C)c(F)cc2C(N)=O)cn1. The molecule has 1 aliphatic carbocycles. The van der Waals surface area contributed by atoms with Gasteiger partial charge in [-0.3, -0.25) is 4.79 Å². The third kappa shape index (κ3) is 6.65.